The number of nitrogens with one attached hydrogen (secondary N) is 6. The van der Waals surface area contributed by atoms with Gasteiger partial charge in [0, 0.05) is 5.75 Å². The number of aliphatic carboxylic acids is 1. The third kappa shape index (κ3) is 15.7. The van der Waals surface area contributed by atoms with Crippen molar-refractivity contribution in [2.75, 3.05) is 5.75 Å². The first-order chi connectivity index (χ1) is 23.7. The normalized spacial score (nSPS) is 24.4. The summed E-state index contributed by atoms with van der Waals surface area (Å²) < 4.78 is 0. The summed E-state index contributed by atoms with van der Waals surface area (Å²) in [5.41, 5.74) is 11.3. The average Bonchev–Trinajstić information content (AvgIpc) is 3.02. The van der Waals surface area contributed by atoms with Crippen molar-refractivity contribution in [3.8, 4) is 0 Å². The summed E-state index contributed by atoms with van der Waals surface area (Å²) in [7, 11) is 0. The summed E-state index contributed by atoms with van der Waals surface area (Å²) in [6.07, 6.45) is -0.721. The SMILES string of the molecule is CC[C@H](C)[C@H](N)C(=O)N[C@@H](CC(N)=O)C(=O)N[C@H]1CSC(=O)[C@H](CC(C)C)NC(=O)[C@H](CC(C)C)NC(=O)[C@H](C)NC(=O)[C@H](CC(=O)O)NC1=O. The summed E-state index contributed by atoms with van der Waals surface area (Å²) in [6.45, 7) is 12.1. The second kappa shape index (κ2) is 21.2. The van der Waals surface area contributed by atoms with E-state index in [0.717, 1.165) is 0 Å². The van der Waals surface area contributed by atoms with Crippen molar-refractivity contribution >= 4 is 64.2 Å². The number of carbonyl (C=O) groups is 9. The van der Waals surface area contributed by atoms with E-state index in [0.29, 0.717) is 18.2 Å². The molecule has 0 unspecified atom stereocenters. The highest BCUT2D eigenvalue weighted by Gasteiger charge is 2.36. The van der Waals surface area contributed by atoms with Crippen LogP contribution in [0.3, 0.4) is 0 Å². The van der Waals surface area contributed by atoms with Gasteiger partial charge in [0.2, 0.25) is 46.5 Å². The Bertz CT molecular complexity index is 1310. The predicted octanol–water partition coefficient (Wildman–Crippen LogP) is -2.00. The molecule has 0 saturated carbocycles. The van der Waals surface area contributed by atoms with E-state index >= 15 is 0 Å². The van der Waals surface area contributed by atoms with Crippen LogP contribution in [0.25, 0.3) is 0 Å². The Kier molecular flexibility index (Phi) is 18.6. The van der Waals surface area contributed by atoms with Crippen LogP contribution in [0.1, 0.15) is 80.6 Å². The van der Waals surface area contributed by atoms with E-state index in [1.165, 1.54) is 6.92 Å². The molecule has 18 nitrogen and oxygen atoms in total. The van der Waals surface area contributed by atoms with Crippen LogP contribution in [0.2, 0.25) is 0 Å². The van der Waals surface area contributed by atoms with Crippen molar-refractivity contribution in [1.29, 1.82) is 0 Å². The van der Waals surface area contributed by atoms with Gasteiger partial charge in [-0.2, -0.15) is 0 Å². The number of carboxylic acid groups (broad SMARTS) is 1. The molecule has 0 aromatic rings. The molecule has 19 heteroatoms. The summed E-state index contributed by atoms with van der Waals surface area (Å²) in [6, 6.07) is -9.51. The van der Waals surface area contributed by atoms with Crippen molar-refractivity contribution in [2.45, 2.75) is 123 Å². The van der Waals surface area contributed by atoms with E-state index in [9.17, 15) is 48.3 Å². The molecule has 1 heterocycles. The molecule has 1 fully saturated rings. The van der Waals surface area contributed by atoms with E-state index in [1.807, 2.05) is 27.7 Å². The molecule has 288 valence electrons. The van der Waals surface area contributed by atoms with Crippen LogP contribution in [0.4, 0.5) is 0 Å². The maximum Gasteiger partial charge on any atom is 0.305 e. The number of amides is 7. The van der Waals surface area contributed by atoms with Crippen molar-refractivity contribution in [1.82, 2.24) is 31.9 Å². The average molecular weight is 743 g/mol. The van der Waals surface area contributed by atoms with Crippen LogP contribution in [0.5, 0.6) is 0 Å². The van der Waals surface area contributed by atoms with Gasteiger partial charge >= 0.3 is 5.97 Å². The fraction of sp³-hybridized carbons (Fsp3) is 0.719. The summed E-state index contributed by atoms with van der Waals surface area (Å²) in [4.78, 5) is 117. The van der Waals surface area contributed by atoms with Gasteiger partial charge in [-0.05, 0) is 37.5 Å². The molecule has 1 saturated heterocycles. The smallest absolute Gasteiger partial charge is 0.305 e. The van der Waals surface area contributed by atoms with Crippen LogP contribution in [0.15, 0.2) is 0 Å². The first kappa shape index (κ1) is 44.8. The Morgan fingerprint density at radius 3 is 1.88 bits per heavy atom. The fourth-order valence-electron chi connectivity index (χ4n) is 4.91. The monoisotopic (exact) mass is 742 g/mol. The van der Waals surface area contributed by atoms with Gasteiger partial charge in [0.25, 0.3) is 0 Å². The summed E-state index contributed by atoms with van der Waals surface area (Å²) in [5, 5.41) is 23.5. The van der Waals surface area contributed by atoms with Crippen LogP contribution < -0.4 is 43.4 Å². The molecule has 0 radical (unpaired) electrons. The number of primary amides is 1. The van der Waals surface area contributed by atoms with Crippen molar-refractivity contribution in [3.63, 3.8) is 0 Å². The molecule has 7 amide bonds. The first-order valence-electron chi connectivity index (χ1n) is 16.9. The van der Waals surface area contributed by atoms with Crippen LogP contribution in [0, 0.1) is 17.8 Å². The number of carboxylic acids is 1. The highest BCUT2D eigenvalue weighted by atomic mass is 32.2. The van der Waals surface area contributed by atoms with Gasteiger partial charge in [-0.25, -0.2) is 0 Å². The van der Waals surface area contributed by atoms with Gasteiger partial charge in [0.05, 0.1) is 24.9 Å². The number of hydrogen-bond donors (Lipinski definition) is 9. The Balaban J connectivity index is 3.62. The molecule has 1 rings (SSSR count). The van der Waals surface area contributed by atoms with Gasteiger partial charge in [-0.15, -0.1) is 0 Å². The van der Waals surface area contributed by atoms with E-state index < -0.39 is 113 Å². The van der Waals surface area contributed by atoms with Crippen LogP contribution in [-0.2, 0) is 43.2 Å². The minimum atomic E-state index is -1.75. The lowest BCUT2D eigenvalue weighted by Crippen LogP contribution is -2.61. The fourth-order valence-corrected chi connectivity index (χ4v) is 5.83. The zero-order chi connectivity index (χ0) is 39.2. The molecule has 0 spiro atoms. The molecule has 1 aliphatic heterocycles. The quantitative estimate of drug-likeness (QED) is 0.0934. The molecule has 0 aromatic carbocycles. The molecule has 51 heavy (non-hydrogen) atoms. The molecular formula is C32H54N8O10S. The highest BCUT2D eigenvalue weighted by molar-refractivity contribution is 8.13. The lowest BCUT2D eigenvalue weighted by atomic mass is 9.99. The molecular weight excluding hydrogens is 688 g/mol. The maximum absolute atomic E-state index is 13.6. The third-order valence-electron chi connectivity index (χ3n) is 8.04. The second-order valence-corrected chi connectivity index (χ2v) is 14.6. The van der Waals surface area contributed by atoms with Crippen molar-refractivity contribution in [3.05, 3.63) is 0 Å². The minimum Gasteiger partial charge on any atom is -0.481 e. The topological polar surface area (TPSA) is 298 Å². The number of carbonyl (C=O) groups excluding carboxylic acids is 8. The van der Waals surface area contributed by atoms with Gasteiger partial charge < -0.3 is 48.5 Å². The van der Waals surface area contributed by atoms with E-state index in [-0.39, 0.29) is 30.6 Å². The molecule has 0 bridgehead atoms. The summed E-state index contributed by atoms with van der Waals surface area (Å²) >= 11 is 0.569. The van der Waals surface area contributed by atoms with Gasteiger partial charge in [-0.3, -0.25) is 43.2 Å². The predicted molar refractivity (Wildman–Crippen MR) is 187 cm³/mol. The summed E-state index contributed by atoms with van der Waals surface area (Å²) in [5.74, 6) is -8.82. The molecule has 11 N–H and O–H groups in total. The zero-order valence-corrected chi connectivity index (χ0v) is 31.0. The maximum atomic E-state index is 13.6. The third-order valence-corrected chi connectivity index (χ3v) is 9.10. The Morgan fingerprint density at radius 2 is 1.35 bits per heavy atom. The van der Waals surface area contributed by atoms with Crippen LogP contribution in [-0.4, -0.2) is 106 Å². The zero-order valence-electron chi connectivity index (χ0n) is 30.2. The minimum absolute atomic E-state index is 0.0707. The van der Waals surface area contributed by atoms with E-state index in [1.54, 1.807) is 13.8 Å². The van der Waals surface area contributed by atoms with Gasteiger partial charge in [0.15, 0.2) is 0 Å². The Morgan fingerprint density at radius 1 is 0.824 bits per heavy atom. The molecule has 0 aliphatic carbocycles. The lowest BCUT2D eigenvalue weighted by Gasteiger charge is -2.28. The van der Waals surface area contributed by atoms with Crippen molar-refractivity contribution < 1.29 is 48.3 Å². The number of nitrogens with two attached hydrogens (primary N) is 2. The Hall–Kier alpha value is -4.26. The first-order valence-corrected chi connectivity index (χ1v) is 17.9. The van der Waals surface area contributed by atoms with Gasteiger partial charge in [0.1, 0.15) is 30.2 Å². The molecule has 1 aliphatic rings. The standard InChI is InChI=1S/C32H54N8O10S/c1-8-16(6)25(34)31(49)38-19(11-23(33)41)29(47)40-22-13-51-32(50)21(10-15(4)5)39-28(46)18(9-14(2)3)36-26(44)17(7)35-27(45)20(12-24(42)43)37-30(22)48/h14-22,25H,8-13,34H2,1-7H3,(H2,33,41)(H,35,45)(H,36,44)(H,37,48)(H,38,49)(H,39,46)(H,40,47)(H,42,43)/t16-,17-,18-,19-,20-,21-,22-,25-/m0/s1. The number of thioether (sulfide) groups is 1. The molecule has 0 aromatic heterocycles. The number of hydrogen-bond acceptors (Lipinski definition) is 11. The van der Waals surface area contributed by atoms with E-state index in [4.69, 9.17) is 11.5 Å². The number of rotatable bonds is 14. The molecule has 8 atom stereocenters. The van der Waals surface area contributed by atoms with Gasteiger partial charge in [-0.1, -0.05) is 59.7 Å². The second-order valence-electron chi connectivity index (χ2n) is 13.6. The highest BCUT2D eigenvalue weighted by Crippen LogP contribution is 2.17. The Labute approximate surface area is 301 Å². The van der Waals surface area contributed by atoms with E-state index in [2.05, 4.69) is 31.9 Å². The van der Waals surface area contributed by atoms with Crippen molar-refractivity contribution in [2.24, 2.45) is 29.2 Å². The van der Waals surface area contributed by atoms with Crippen LogP contribution >= 0.6 is 11.8 Å². The lowest BCUT2D eigenvalue weighted by molar-refractivity contribution is -0.141. The largest absolute Gasteiger partial charge is 0.481 e.